The first-order valence-electron chi connectivity index (χ1n) is 12.7. The van der Waals surface area contributed by atoms with Gasteiger partial charge in [0.1, 0.15) is 16.9 Å². The summed E-state index contributed by atoms with van der Waals surface area (Å²) in [6.45, 7) is 7.03. The molecule has 0 radical (unpaired) electrons. The van der Waals surface area contributed by atoms with Crippen LogP contribution in [0.25, 0.3) is 21.7 Å². The molecule has 5 heterocycles. The third-order valence-corrected chi connectivity index (χ3v) is 7.82. The highest BCUT2D eigenvalue weighted by Gasteiger charge is 2.24. The number of anilines is 2. The van der Waals surface area contributed by atoms with Gasteiger partial charge in [-0.25, -0.2) is 24.7 Å². The molecule has 1 unspecified atom stereocenters. The van der Waals surface area contributed by atoms with Crippen molar-refractivity contribution < 1.29 is 9.59 Å². The molecule has 204 valence electrons. The average molecular weight is 552 g/mol. The predicted molar refractivity (Wildman–Crippen MR) is 147 cm³/mol. The monoisotopic (exact) mass is 551 g/mol. The first-order valence-corrected chi connectivity index (χ1v) is 13.6. The smallest absolute Gasteiger partial charge is 0.332 e. The standard InChI is InChI=1S/C25H29N9O4S/c1-5-17(35)11-33-23(37)19-20(31(4)25(33)38)28-13-34(19)15(3)21(36)29-18-12-39-22(30-18)16-8-26-24(27-9-16)32-7-6-14(2)10-32/h8-9,12-15H,5-7,10-11H2,1-4H3,(H,29,36)/t14?,15-/m0/s1. The molecule has 1 aliphatic rings. The Bertz CT molecular complexity index is 1670. The number of hydrogen-bond acceptors (Lipinski definition) is 10. The number of thiazole rings is 1. The summed E-state index contributed by atoms with van der Waals surface area (Å²) in [5.41, 5.74) is -0.374. The van der Waals surface area contributed by atoms with E-state index in [1.165, 1.54) is 33.8 Å². The number of carbonyl (C=O) groups is 2. The van der Waals surface area contributed by atoms with E-state index in [2.05, 4.69) is 37.1 Å². The Labute approximate surface area is 227 Å². The topological polar surface area (TPSA) is 150 Å². The summed E-state index contributed by atoms with van der Waals surface area (Å²) >= 11 is 1.35. The minimum atomic E-state index is -0.855. The van der Waals surface area contributed by atoms with Crippen molar-refractivity contribution in [3.63, 3.8) is 0 Å². The van der Waals surface area contributed by atoms with E-state index in [1.54, 1.807) is 31.6 Å². The van der Waals surface area contributed by atoms with E-state index in [1.807, 2.05) is 0 Å². The molecule has 0 aromatic carbocycles. The van der Waals surface area contributed by atoms with E-state index < -0.39 is 23.2 Å². The Hall–Kier alpha value is -4.20. The van der Waals surface area contributed by atoms with Crippen LogP contribution in [0.4, 0.5) is 11.8 Å². The van der Waals surface area contributed by atoms with Crippen LogP contribution in [0.3, 0.4) is 0 Å². The number of imidazole rings is 1. The van der Waals surface area contributed by atoms with Gasteiger partial charge in [-0.15, -0.1) is 11.3 Å². The maximum Gasteiger partial charge on any atom is 0.332 e. The van der Waals surface area contributed by atoms with Crippen molar-refractivity contribution in [3.8, 4) is 10.6 Å². The molecule has 4 aromatic heterocycles. The number of hydrogen-bond donors (Lipinski definition) is 1. The van der Waals surface area contributed by atoms with Gasteiger partial charge in [-0.05, 0) is 19.3 Å². The summed E-state index contributed by atoms with van der Waals surface area (Å²) in [4.78, 5) is 70.8. The van der Waals surface area contributed by atoms with Crippen molar-refractivity contribution in [2.45, 2.75) is 46.2 Å². The number of nitrogens with one attached hydrogen (secondary N) is 1. The number of nitrogens with zero attached hydrogens (tertiary/aromatic N) is 8. The van der Waals surface area contributed by atoms with E-state index in [0.717, 1.165) is 29.6 Å². The summed E-state index contributed by atoms with van der Waals surface area (Å²) in [7, 11) is 1.47. The van der Waals surface area contributed by atoms with Gasteiger partial charge in [0, 0.05) is 49.9 Å². The Morgan fingerprint density at radius 2 is 1.95 bits per heavy atom. The van der Waals surface area contributed by atoms with Gasteiger partial charge >= 0.3 is 5.69 Å². The minimum absolute atomic E-state index is 0.0623. The van der Waals surface area contributed by atoms with Crippen LogP contribution in [0.5, 0.6) is 0 Å². The van der Waals surface area contributed by atoms with Gasteiger partial charge in [0.2, 0.25) is 11.9 Å². The maximum atomic E-state index is 13.2. The zero-order chi connectivity index (χ0) is 27.8. The maximum absolute atomic E-state index is 13.2. The molecule has 4 aromatic rings. The summed E-state index contributed by atoms with van der Waals surface area (Å²) in [6.07, 6.45) is 6.12. The molecule has 14 heteroatoms. The lowest BCUT2D eigenvalue weighted by Crippen LogP contribution is -2.41. The van der Waals surface area contributed by atoms with Crippen LogP contribution in [0.1, 0.15) is 39.7 Å². The van der Waals surface area contributed by atoms with Crippen molar-refractivity contribution in [1.82, 2.24) is 33.6 Å². The summed E-state index contributed by atoms with van der Waals surface area (Å²) in [6, 6.07) is -0.855. The third-order valence-electron chi connectivity index (χ3n) is 6.93. The molecule has 1 saturated heterocycles. The Kier molecular flexibility index (Phi) is 7.12. The fourth-order valence-electron chi connectivity index (χ4n) is 4.54. The van der Waals surface area contributed by atoms with Gasteiger partial charge in [0.05, 0.1) is 12.9 Å². The molecule has 1 amide bonds. The number of carbonyl (C=O) groups excluding carboxylic acids is 2. The van der Waals surface area contributed by atoms with Crippen molar-refractivity contribution in [2.24, 2.45) is 13.0 Å². The number of rotatable bonds is 8. The highest BCUT2D eigenvalue weighted by molar-refractivity contribution is 7.13. The molecule has 1 aliphatic heterocycles. The second-order valence-electron chi connectivity index (χ2n) is 9.76. The minimum Gasteiger partial charge on any atom is -0.341 e. The van der Waals surface area contributed by atoms with Crippen molar-refractivity contribution in [1.29, 1.82) is 0 Å². The average Bonchev–Trinajstić information content (AvgIpc) is 3.69. The van der Waals surface area contributed by atoms with Crippen molar-refractivity contribution in [2.75, 3.05) is 23.3 Å². The van der Waals surface area contributed by atoms with Crippen LogP contribution >= 0.6 is 11.3 Å². The summed E-state index contributed by atoms with van der Waals surface area (Å²) < 4.78 is 3.48. The molecule has 0 saturated carbocycles. The Balaban J connectivity index is 1.35. The first-order chi connectivity index (χ1) is 18.7. The van der Waals surface area contributed by atoms with Gasteiger partial charge in [0.25, 0.3) is 5.56 Å². The normalized spacial score (nSPS) is 16.1. The van der Waals surface area contributed by atoms with Crippen molar-refractivity contribution >= 4 is 46.0 Å². The van der Waals surface area contributed by atoms with Crippen LogP contribution in [-0.2, 0) is 23.2 Å². The van der Waals surface area contributed by atoms with Crippen LogP contribution < -0.4 is 21.5 Å². The van der Waals surface area contributed by atoms with Gasteiger partial charge in [-0.1, -0.05) is 13.8 Å². The van der Waals surface area contributed by atoms with E-state index >= 15 is 0 Å². The molecule has 0 spiro atoms. The van der Waals surface area contributed by atoms with E-state index in [4.69, 9.17) is 0 Å². The van der Waals surface area contributed by atoms with Gasteiger partial charge in [-0.3, -0.25) is 23.5 Å². The van der Waals surface area contributed by atoms with Crippen LogP contribution in [0.15, 0.2) is 33.7 Å². The Morgan fingerprint density at radius 1 is 1.21 bits per heavy atom. The number of fused-ring (bicyclic) bond motifs is 1. The SMILES string of the molecule is CCC(=O)Cn1c(=O)c2c(ncn2[C@@H](C)C(=O)Nc2csc(-c3cnc(N4CCC(C)C4)nc3)n2)n(C)c1=O. The van der Waals surface area contributed by atoms with Crippen LogP contribution in [-0.4, -0.2) is 58.4 Å². The molecule has 13 nitrogen and oxygen atoms in total. The molecule has 1 fully saturated rings. The highest BCUT2D eigenvalue weighted by Crippen LogP contribution is 2.27. The molecule has 39 heavy (non-hydrogen) atoms. The quantitative estimate of drug-likeness (QED) is 0.346. The summed E-state index contributed by atoms with van der Waals surface area (Å²) in [5.74, 6) is 0.998. The first kappa shape index (κ1) is 26.4. The second-order valence-corrected chi connectivity index (χ2v) is 10.6. The van der Waals surface area contributed by atoms with E-state index in [-0.39, 0.29) is 29.9 Å². The molecule has 2 atom stereocenters. The zero-order valence-electron chi connectivity index (χ0n) is 22.1. The number of aromatic nitrogens is 7. The molecular weight excluding hydrogens is 522 g/mol. The number of ketones is 1. The van der Waals surface area contributed by atoms with Gasteiger partial charge in [0.15, 0.2) is 16.9 Å². The van der Waals surface area contributed by atoms with Crippen LogP contribution in [0, 0.1) is 5.92 Å². The lowest BCUT2D eigenvalue weighted by atomic mass is 10.2. The zero-order valence-corrected chi connectivity index (χ0v) is 22.9. The molecule has 5 rings (SSSR count). The third kappa shape index (κ3) is 4.99. The number of Topliss-reactive ketones (excluding diaryl/α,β-unsaturated/α-hetero) is 1. The van der Waals surface area contributed by atoms with E-state index in [0.29, 0.717) is 22.7 Å². The fourth-order valence-corrected chi connectivity index (χ4v) is 5.27. The van der Waals surface area contributed by atoms with Gasteiger partial charge in [-0.2, -0.15) is 0 Å². The number of aryl methyl sites for hydroxylation is 1. The molecular formula is C25H29N9O4S. The lowest BCUT2D eigenvalue weighted by molar-refractivity contribution is -0.120. The van der Waals surface area contributed by atoms with Gasteiger partial charge < -0.3 is 14.8 Å². The summed E-state index contributed by atoms with van der Waals surface area (Å²) in [5, 5.41) is 5.15. The predicted octanol–water partition coefficient (Wildman–Crippen LogP) is 1.84. The number of amides is 1. The molecule has 0 aliphatic carbocycles. The second kappa shape index (κ2) is 10.5. The largest absolute Gasteiger partial charge is 0.341 e. The lowest BCUT2D eigenvalue weighted by Gasteiger charge is -2.15. The highest BCUT2D eigenvalue weighted by atomic mass is 32.1. The fraction of sp³-hybridized carbons (Fsp3) is 0.440. The molecule has 1 N–H and O–H groups in total. The van der Waals surface area contributed by atoms with E-state index in [9.17, 15) is 19.2 Å². The van der Waals surface area contributed by atoms with Crippen molar-refractivity contribution in [3.05, 3.63) is 44.9 Å². The Morgan fingerprint density at radius 3 is 2.62 bits per heavy atom. The van der Waals surface area contributed by atoms with Crippen LogP contribution in [0.2, 0.25) is 0 Å². The molecule has 0 bridgehead atoms.